The van der Waals surface area contributed by atoms with E-state index in [0.29, 0.717) is 12.2 Å². The van der Waals surface area contributed by atoms with E-state index < -0.39 is 5.60 Å². The molecule has 0 aromatic heterocycles. The molecule has 0 spiro atoms. The minimum atomic E-state index is -1.13. The second-order valence-electron chi connectivity index (χ2n) is 3.84. The summed E-state index contributed by atoms with van der Waals surface area (Å²) in [7, 11) is 0. The van der Waals surface area contributed by atoms with Crippen LogP contribution in [0.1, 0.15) is 25.8 Å². The van der Waals surface area contributed by atoms with Crippen LogP contribution in [0.2, 0.25) is 0 Å². The molecule has 1 aromatic carbocycles. The highest BCUT2D eigenvalue weighted by atomic mass is 19.1. The number of hydrogen-bond donors (Lipinski definition) is 1. The molecule has 0 heterocycles. The Balaban J connectivity index is 2.67. The maximum atomic E-state index is 12.9. The second-order valence-corrected chi connectivity index (χ2v) is 3.84. The van der Waals surface area contributed by atoms with Gasteiger partial charge in [-0.3, -0.25) is 0 Å². The van der Waals surface area contributed by atoms with E-state index in [0.717, 1.165) is 6.42 Å². The first-order chi connectivity index (χ1) is 7.06. The van der Waals surface area contributed by atoms with E-state index >= 15 is 0 Å². The van der Waals surface area contributed by atoms with Gasteiger partial charge in [0.1, 0.15) is 11.4 Å². The van der Waals surface area contributed by atoms with Gasteiger partial charge in [-0.1, -0.05) is 19.1 Å². The summed E-state index contributed by atoms with van der Waals surface area (Å²) in [5.74, 6) is -0.344. The Morgan fingerprint density at radius 1 is 1.47 bits per heavy atom. The third-order valence-electron chi connectivity index (χ3n) is 2.18. The smallest absolute Gasteiger partial charge is 0.123 e. The van der Waals surface area contributed by atoms with Crippen molar-refractivity contribution in [3.63, 3.8) is 0 Å². The van der Waals surface area contributed by atoms with Crippen LogP contribution in [-0.2, 0) is 10.3 Å². The monoisotopic (exact) mass is 212 g/mol. The van der Waals surface area contributed by atoms with Crippen molar-refractivity contribution in [2.24, 2.45) is 0 Å². The largest absolute Gasteiger partial charge is 0.383 e. The number of hydrogen-bond acceptors (Lipinski definition) is 2. The van der Waals surface area contributed by atoms with Gasteiger partial charge in [-0.2, -0.15) is 0 Å². The van der Waals surface area contributed by atoms with Gasteiger partial charge in [0.05, 0.1) is 6.61 Å². The van der Waals surface area contributed by atoms with Crippen molar-refractivity contribution in [3.8, 4) is 0 Å². The molecule has 0 aliphatic heterocycles. The zero-order valence-corrected chi connectivity index (χ0v) is 9.16. The number of halogens is 1. The molecule has 0 radical (unpaired) electrons. The second kappa shape index (κ2) is 5.24. The quantitative estimate of drug-likeness (QED) is 0.760. The molecule has 0 fully saturated rings. The van der Waals surface area contributed by atoms with Gasteiger partial charge in [0.15, 0.2) is 0 Å². The molecule has 3 heteroatoms. The van der Waals surface area contributed by atoms with Gasteiger partial charge in [0, 0.05) is 6.61 Å². The fourth-order valence-corrected chi connectivity index (χ4v) is 1.32. The van der Waals surface area contributed by atoms with Crippen LogP contribution in [0.3, 0.4) is 0 Å². The number of rotatable bonds is 5. The van der Waals surface area contributed by atoms with Crippen LogP contribution in [0.25, 0.3) is 0 Å². The molecular weight excluding hydrogens is 195 g/mol. The summed E-state index contributed by atoms with van der Waals surface area (Å²) in [6, 6.07) is 5.96. The summed E-state index contributed by atoms with van der Waals surface area (Å²) in [6.45, 7) is 4.41. The van der Waals surface area contributed by atoms with E-state index in [1.807, 2.05) is 6.92 Å². The van der Waals surface area contributed by atoms with E-state index in [1.54, 1.807) is 19.1 Å². The minimum Gasteiger partial charge on any atom is -0.383 e. The third-order valence-corrected chi connectivity index (χ3v) is 2.18. The van der Waals surface area contributed by atoms with E-state index in [4.69, 9.17) is 4.74 Å². The van der Waals surface area contributed by atoms with Crippen LogP contribution in [0.5, 0.6) is 0 Å². The number of benzene rings is 1. The molecule has 0 saturated carbocycles. The van der Waals surface area contributed by atoms with Crippen molar-refractivity contribution < 1.29 is 14.2 Å². The highest BCUT2D eigenvalue weighted by Gasteiger charge is 2.23. The lowest BCUT2D eigenvalue weighted by atomic mass is 9.97. The lowest BCUT2D eigenvalue weighted by Gasteiger charge is -2.23. The van der Waals surface area contributed by atoms with E-state index in [2.05, 4.69) is 0 Å². The van der Waals surface area contributed by atoms with E-state index in [9.17, 15) is 9.50 Å². The van der Waals surface area contributed by atoms with E-state index in [1.165, 1.54) is 12.1 Å². The molecule has 0 amide bonds. The fraction of sp³-hybridized carbons (Fsp3) is 0.500. The van der Waals surface area contributed by atoms with Crippen molar-refractivity contribution >= 4 is 0 Å². The van der Waals surface area contributed by atoms with Crippen molar-refractivity contribution in [1.82, 2.24) is 0 Å². The molecule has 1 N–H and O–H groups in total. The normalized spacial score (nSPS) is 14.9. The Bertz CT molecular complexity index is 310. The Hall–Kier alpha value is -0.930. The van der Waals surface area contributed by atoms with E-state index in [-0.39, 0.29) is 12.4 Å². The molecule has 1 rings (SSSR count). The molecule has 0 bridgehead atoms. The zero-order chi connectivity index (χ0) is 11.3. The van der Waals surface area contributed by atoms with Crippen molar-refractivity contribution in [2.45, 2.75) is 25.9 Å². The zero-order valence-electron chi connectivity index (χ0n) is 9.16. The average Bonchev–Trinajstić information content (AvgIpc) is 2.18. The number of ether oxygens (including phenoxy) is 1. The van der Waals surface area contributed by atoms with Crippen LogP contribution in [0, 0.1) is 5.82 Å². The van der Waals surface area contributed by atoms with Crippen LogP contribution in [-0.4, -0.2) is 18.3 Å². The highest BCUT2D eigenvalue weighted by molar-refractivity contribution is 5.22. The molecule has 0 aliphatic rings. The first-order valence-electron chi connectivity index (χ1n) is 5.12. The van der Waals surface area contributed by atoms with Crippen LogP contribution >= 0.6 is 0 Å². The van der Waals surface area contributed by atoms with Crippen molar-refractivity contribution in [1.29, 1.82) is 0 Å². The van der Waals surface area contributed by atoms with Gasteiger partial charge in [0.2, 0.25) is 0 Å². The van der Waals surface area contributed by atoms with Crippen LogP contribution in [0.15, 0.2) is 24.3 Å². The fourth-order valence-electron chi connectivity index (χ4n) is 1.32. The maximum Gasteiger partial charge on any atom is 0.123 e. The lowest BCUT2D eigenvalue weighted by Crippen LogP contribution is -2.28. The molecule has 0 aliphatic carbocycles. The molecule has 15 heavy (non-hydrogen) atoms. The molecule has 0 saturated heterocycles. The summed E-state index contributed by atoms with van der Waals surface area (Å²) < 4.78 is 18.2. The first kappa shape index (κ1) is 12.1. The van der Waals surface area contributed by atoms with Gasteiger partial charge in [0.25, 0.3) is 0 Å². The Morgan fingerprint density at radius 2 is 2.20 bits per heavy atom. The molecule has 1 aromatic rings. The van der Waals surface area contributed by atoms with Gasteiger partial charge in [-0.15, -0.1) is 0 Å². The maximum absolute atomic E-state index is 12.9. The predicted octanol–water partition coefficient (Wildman–Crippen LogP) is 2.46. The molecule has 84 valence electrons. The summed E-state index contributed by atoms with van der Waals surface area (Å²) in [5.41, 5.74) is -0.587. The Kier molecular flexibility index (Phi) is 4.24. The molecule has 1 unspecified atom stereocenters. The summed E-state index contributed by atoms with van der Waals surface area (Å²) in [5, 5.41) is 10.0. The third kappa shape index (κ3) is 3.61. The van der Waals surface area contributed by atoms with Gasteiger partial charge in [-0.25, -0.2) is 4.39 Å². The summed E-state index contributed by atoms with van der Waals surface area (Å²) in [4.78, 5) is 0. The van der Waals surface area contributed by atoms with Crippen molar-refractivity contribution in [3.05, 3.63) is 35.6 Å². The van der Waals surface area contributed by atoms with Crippen LogP contribution in [0.4, 0.5) is 4.39 Å². The van der Waals surface area contributed by atoms with Crippen LogP contribution < -0.4 is 0 Å². The molecular formula is C12H17FO2. The van der Waals surface area contributed by atoms with Gasteiger partial charge < -0.3 is 9.84 Å². The molecule has 2 nitrogen and oxygen atoms in total. The summed E-state index contributed by atoms with van der Waals surface area (Å²) in [6.07, 6.45) is 0.902. The topological polar surface area (TPSA) is 29.5 Å². The lowest BCUT2D eigenvalue weighted by molar-refractivity contribution is -0.0376. The van der Waals surface area contributed by atoms with Gasteiger partial charge >= 0.3 is 0 Å². The Morgan fingerprint density at radius 3 is 2.80 bits per heavy atom. The average molecular weight is 212 g/mol. The highest BCUT2D eigenvalue weighted by Crippen LogP contribution is 2.21. The Labute approximate surface area is 89.7 Å². The molecule has 1 atom stereocenters. The summed E-state index contributed by atoms with van der Waals surface area (Å²) >= 11 is 0. The number of aliphatic hydroxyl groups is 1. The first-order valence-corrected chi connectivity index (χ1v) is 5.12. The SMILES string of the molecule is CCCOCC(C)(O)c1cccc(F)c1. The van der Waals surface area contributed by atoms with Crippen molar-refractivity contribution in [2.75, 3.05) is 13.2 Å². The predicted molar refractivity (Wildman–Crippen MR) is 57.1 cm³/mol. The minimum absolute atomic E-state index is 0.185. The standard InChI is InChI=1S/C12H17FO2/c1-3-7-15-9-12(2,14)10-5-4-6-11(13)8-10/h4-6,8,14H,3,7,9H2,1-2H3. The van der Waals surface area contributed by atoms with Gasteiger partial charge in [-0.05, 0) is 31.0 Å².